The van der Waals surface area contributed by atoms with Crippen LogP contribution in [0.4, 0.5) is 0 Å². The Morgan fingerprint density at radius 3 is 1.67 bits per heavy atom. The molecule has 32 atom stereocenters. The maximum atomic E-state index is 13.3. The summed E-state index contributed by atoms with van der Waals surface area (Å²) in [4.78, 5) is 26.3. The number of aliphatic hydroxyl groups excluding tert-OH is 5. The molecule has 1 aromatic rings. The molecule has 9 aliphatic rings. The van der Waals surface area contributed by atoms with E-state index in [4.69, 9.17) is 75.8 Å². The molecule has 7 N–H and O–H groups in total. The second kappa shape index (κ2) is 28.0. The van der Waals surface area contributed by atoms with Crippen LogP contribution in [-0.4, -0.2) is 247 Å². The minimum atomic E-state index is -1.69. The highest BCUT2D eigenvalue weighted by molar-refractivity contribution is 5.89. The third-order valence-corrected chi connectivity index (χ3v) is 22.5. The van der Waals surface area contributed by atoms with Gasteiger partial charge in [0.25, 0.3) is 0 Å². The van der Waals surface area contributed by atoms with Gasteiger partial charge in [-0.3, -0.25) is 4.79 Å². The number of rotatable bonds is 19. The Hall–Kier alpha value is -2.68. The molecule has 0 radical (unpaired) electrons. The van der Waals surface area contributed by atoms with Crippen LogP contribution in [0.3, 0.4) is 0 Å². The molecule has 1 unspecified atom stereocenters. The highest BCUT2D eigenvalue weighted by Crippen LogP contribution is 2.71. The fourth-order valence-corrected chi connectivity index (χ4v) is 17.4. The molecule has 5 aliphatic heterocycles. The van der Waals surface area contributed by atoms with Crippen LogP contribution >= 0.6 is 0 Å². The fraction of sp³-hybridized carbons (Fsp3) is 0.875. The van der Waals surface area contributed by atoms with Gasteiger partial charge >= 0.3 is 11.9 Å². The minimum absolute atomic E-state index is 0.0188. The lowest BCUT2D eigenvalue weighted by Gasteiger charge is -2.66. The number of esters is 2. The number of benzene rings is 1. The van der Waals surface area contributed by atoms with Crippen LogP contribution in [0.15, 0.2) is 30.3 Å². The molecule has 5 saturated heterocycles. The first-order valence-electron chi connectivity index (χ1n) is 32.1. The highest BCUT2D eigenvalue weighted by Gasteiger charge is 2.77. The van der Waals surface area contributed by atoms with Crippen molar-refractivity contribution in [3.63, 3.8) is 0 Å². The van der Waals surface area contributed by atoms with Crippen molar-refractivity contribution in [3.8, 4) is 0 Å². The number of carbonyl (C=O) groups is 2. The first kappa shape index (κ1) is 69.2. The van der Waals surface area contributed by atoms with Gasteiger partial charge in [0.1, 0.15) is 78.8 Å². The van der Waals surface area contributed by atoms with Crippen molar-refractivity contribution in [2.24, 2.45) is 28.6 Å². The zero-order valence-electron chi connectivity index (χ0n) is 53.5. The van der Waals surface area contributed by atoms with E-state index in [2.05, 4.69) is 6.92 Å². The highest BCUT2D eigenvalue weighted by atomic mass is 16.8. The average Bonchev–Trinajstić information content (AvgIpc) is 1.60. The normalized spacial score (nSPS) is 49.6. The molecular formula is C64H100O25. The van der Waals surface area contributed by atoms with Crippen molar-refractivity contribution in [2.75, 3.05) is 35.0 Å². The zero-order valence-corrected chi connectivity index (χ0v) is 53.5. The summed E-state index contributed by atoms with van der Waals surface area (Å²) in [6, 6.07) is 8.61. The SMILES string of the molecule is CO[C@H]1[C@@H](O)[C@H](O[C@H]2[C@@H](OC)C[C@H](O[C@@H]3[C@@H](C)O[C@@H](O[C@H]4[C@@H](OC)C[C@H](O[C@H]5CC[C@@]6(C)[C@@H](CC[C@@H]7[C@@H]6C[C@@H](OC(C)=O)[C@]6(C)[C@](O)(C(C)OC(=O)c8ccccc8)CC[C@]76O)C5)O[C@@H]4C)C[C@H]3OC)O[C@@H]2C)O[C@H](C)[C@H]1O[C@@H]1O[C@H](CO)[C@@H](O)[C@H](O)[C@H]1O. The summed E-state index contributed by atoms with van der Waals surface area (Å²) in [6.45, 7) is 13.8. The summed E-state index contributed by atoms with van der Waals surface area (Å²) in [6.07, 6.45) is -16.5. The number of aliphatic hydroxyl groups is 7. The lowest BCUT2D eigenvalue weighted by atomic mass is 9.42. The van der Waals surface area contributed by atoms with Gasteiger partial charge in [-0.2, -0.15) is 0 Å². The van der Waals surface area contributed by atoms with Crippen molar-refractivity contribution in [1.29, 1.82) is 0 Å². The van der Waals surface area contributed by atoms with E-state index < -0.39 is 183 Å². The van der Waals surface area contributed by atoms with Gasteiger partial charge in [0.05, 0.1) is 72.0 Å². The summed E-state index contributed by atoms with van der Waals surface area (Å²) < 4.78 is 99.8. The van der Waals surface area contributed by atoms with Crippen molar-refractivity contribution in [1.82, 2.24) is 0 Å². The second-order valence-corrected chi connectivity index (χ2v) is 27.2. The van der Waals surface area contributed by atoms with Crippen molar-refractivity contribution >= 4 is 11.9 Å². The Kier molecular flexibility index (Phi) is 21.7. The van der Waals surface area contributed by atoms with Gasteiger partial charge in [0.15, 0.2) is 31.5 Å². The van der Waals surface area contributed by atoms with Crippen LogP contribution in [0.1, 0.15) is 136 Å². The van der Waals surface area contributed by atoms with Crippen molar-refractivity contribution in [2.45, 2.75) is 291 Å². The summed E-state index contributed by atoms with van der Waals surface area (Å²) in [5, 5.41) is 78.5. The van der Waals surface area contributed by atoms with E-state index in [0.29, 0.717) is 31.2 Å². The summed E-state index contributed by atoms with van der Waals surface area (Å²) in [5.74, 6) is -1.04. The van der Waals surface area contributed by atoms with Crippen LogP contribution in [-0.2, 0) is 80.6 Å². The summed E-state index contributed by atoms with van der Waals surface area (Å²) in [7, 11) is 6.16. The standard InChI is InChI=1S/C64H100O25/c1-30-53(86-47-27-42(75-10)54(31(2)79-47)87-48-28-43(76-11)55(32(3)80-48)88-60-52(70)57(77-12)56(33(4)81-60)89-59-51(69)50(68)49(67)44(29-65)85-59)41(74-9)26-46(78-30)84-38-20-21-61(7)37(24-38)18-19-39-40(61)25-45(83-35(6)66)62(8)63(72,22-23-64(39,62)73)34(5)82-58(71)36-16-14-13-15-17-36/h13-17,30-34,37-57,59-60,65,67-70,72-73H,18-29H2,1-12H3/t30-,31-,32-,33-,34?,37+,38+,39-,40+,41+,42-,43+,44-,45-,46+,47+,48+,49-,50+,51-,52-,53-,54-,55-,56-,57+,59+,60+,61+,62-,63-,64+/m1/s1. The molecule has 10 rings (SSSR count). The largest absolute Gasteiger partial charge is 0.462 e. The monoisotopic (exact) mass is 1270 g/mol. The maximum Gasteiger partial charge on any atom is 0.338 e. The Morgan fingerprint density at radius 2 is 1.12 bits per heavy atom. The molecule has 89 heavy (non-hydrogen) atoms. The molecule has 1 aromatic carbocycles. The third-order valence-electron chi connectivity index (χ3n) is 22.5. The Morgan fingerprint density at radius 1 is 0.584 bits per heavy atom. The van der Waals surface area contributed by atoms with Crippen LogP contribution in [0, 0.1) is 28.6 Å². The molecule has 25 heteroatoms. The van der Waals surface area contributed by atoms with Crippen LogP contribution in [0.5, 0.6) is 0 Å². The maximum absolute atomic E-state index is 13.3. The van der Waals surface area contributed by atoms with Gasteiger partial charge in [-0.05, 0) is 121 Å². The summed E-state index contributed by atoms with van der Waals surface area (Å²) in [5.41, 5.74) is -4.30. The molecular weight excluding hydrogens is 1170 g/mol. The van der Waals surface area contributed by atoms with Crippen LogP contribution in [0.25, 0.3) is 0 Å². The third kappa shape index (κ3) is 13.0. The Balaban J connectivity index is 0.710. The van der Waals surface area contributed by atoms with Crippen molar-refractivity contribution < 1.29 is 121 Å². The lowest BCUT2D eigenvalue weighted by molar-refractivity contribution is -0.374. The molecule has 4 saturated carbocycles. The van der Waals surface area contributed by atoms with Gasteiger partial charge in [0, 0.05) is 54.6 Å². The van der Waals surface area contributed by atoms with E-state index in [-0.39, 0.29) is 48.5 Å². The smallest absolute Gasteiger partial charge is 0.338 e. The molecule has 4 aliphatic carbocycles. The quantitative estimate of drug-likeness (QED) is 0.0773. The number of carbonyl (C=O) groups excluding carboxylic acids is 2. The van der Waals surface area contributed by atoms with E-state index >= 15 is 0 Å². The first-order valence-corrected chi connectivity index (χ1v) is 32.1. The molecule has 0 aromatic heterocycles. The number of hydrogen-bond donors (Lipinski definition) is 7. The van der Waals surface area contributed by atoms with E-state index in [1.54, 1.807) is 66.4 Å². The lowest BCUT2D eigenvalue weighted by Crippen LogP contribution is -2.72. The minimum Gasteiger partial charge on any atom is -0.462 e. The Labute approximate surface area is 521 Å². The average molecular weight is 1270 g/mol. The van der Waals surface area contributed by atoms with Crippen LogP contribution < -0.4 is 0 Å². The predicted octanol–water partition coefficient (Wildman–Crippen LogP) is 2.96. The van der Waals surface area contributed by atoms with E-state index in [1.807, 2.05) is 26.8 Å². The first-order chi connectivity index (χ1) is 42.3. The predicted molar refractivity (Wildman–Crippen MR) is 309 cm³/mol. The number of fused-ring (bicyclic) bond motifs is 5. The molecule has 506 valence electrons. The van der Waals surface area contributed by atoms with Crippen LogP contribution in [0.2, 0.25) is 0 Å². The van der Waals surface area contributed by atoms with Gasteiger partial charge in [-0.1, -0.05) is 32.0 Å². The molecule has 0 bridgehead atoms. The Bertz CT molecular complexity index is 2500. The molecule has 9 fully saturated rings. The van der Waals surface area contributed by atoms with E-state index in [0.717, 1.165) is 25.7 Å². The summed E-state index contributed by atoms with van der Waals surface area (Å²) >= 11 is 0. The van der Waals surface area contributed by atoms with Gasteiger partial charge < -0.3 is 112 Å². The topological polar surface area (TPSA) is 323 Å². The van der Waals surface area contributed by atoms with E-state index in [9.17, 15) is 45.3 Å². The number of ether oxygens (including phenoxy) is 16. The zero-order chi connectivity index (χ0) is 64.2. The molecule has 25 nitrogen and oxygen atoms in total. The number of hydrogen-bond acceptors (Lipinski definition) is 25. The van der Waals surface area contributed by atoms with Gasteiger partial charge in [0.2, 0.25) is 0 Å². The van der Waals surface area contributed by atoms with E-state index in [1.165, 1.54) is 14.0 Å². The fourth-order valence-electron chi connectivity index (χ4n) is 17.4. The van der Waals surface area contributed by atoms with Gasteiger partial charge in [-0.15, -0.1) is 0 Å². The number of methoxy groups -OCH3 is 4. The molecule has 5 heterocycles. The van der Waals surface area contributed by atoms with Crippen molar-refractivity contribution in [3.05, 3.63) is 35.9 Å². The molecule has 0 spiro atoms. The molecule has 0 amide bonds. The second-order valence-electron chi connectivity index (χ2n) is 27.2. The van der Waals surface area contributed by atoms with Gasteiger partial charge in [-0.25, -0.2) is 4.79 Å².